The molecule has 0 saturated heterocycles. The van der Waals surface area contributed by atoms with Gasteiger partial charge in [0, 0.05) is 12.7 Å². The highest BCUT2D eigenvalue weighted by atomic mass is 19.1. The van der Waals surface area contributed by atoms with Crippen molar-refractivity contribution in [2.24, 2.45) is 16.6 Å². The highest BCUT2D eigenvalue weighted by Crippen LogP contribution is 2.22. The van der Waals surface area contributed by atoms with Gasteiger partial charge in [-0.2, -0.15) is 0 Å². The fourth-order valence-corrected chi connectivity index (χ4v) is 3.25. The van der Waals surface area contributed by atoms with Crippen LogP contribution in [0.3, 0.4) is 0 Å². The maximum atomic E-state index is 13.9. The largest absolute Gasteiger partial charge is 0.497 e. The molecule has 0 bridgehead atoms. The number of hydrogen-bond acceptors (Lipinski definition) is 7. The lowest BCUT2D eigenvalue weighted by Crippen LogP contribution is -2.39. The third kappa shape index (κ3) is 6.55. The first-order chi connectivity index (χ1) is 16.3. The number of amides is 2. The summed E-state index contributed by atoms with van der Waals surface area (Å²) < 4.78 is 18.9. The predicted octanol–water partition coefficient (Wildman–Crippen LogP) is 1.41. The van der Waals surface area contributed by atoms with E-state index in [2.05, 4.69) is 22.5 Å². The summed E-state index contributed by atoms with van der Waals surface area (Å²) in [6, 6.07) is 11.5. The van der Waals surface area contributed by atoms with Crippen LogP contribution in [0.25, 0.3) is 0 Å². The number of halogens is 1. The van der Waals surface area contributed by atoms with Crippen LogP contribution in [0.2, 0.25) is 0 Å². The van der Waals surface area contributed by atoms with E-state index in [4.69, 9.17) is 16.3 Å². The number of hydrogen-bond donors (Lipinski definition) is 4. The van der Waals surface area contributed by atoms with E-state index in [9.17, 15) is 14.0 Å². The lowest BCUT2D eigenvalue weighted by atomic mass is 10.0. The molecule has 0 fully saturated rings. The molecule has 6 N–H and O–H groups in total. The third-order valence-electron chi connectivity index (χ3n) is 5.31. The molecule has 0 saturated carbocycles. The Hall–Kier alpha value is -3.92. The average molecular weight is 469 g/mol. The minimum absolute atomic E-state index is 0.0934. The van der Waals surface area contributed by atoms with Gasteiger partial charge in [0.15, 0.2) is 0 Å². The van der Waals surface area contributed by atoms with E-state index < -0.39 is 17.6 Å². The zero-order valence-corrected chi connectivity index (χ0v) is 19.2. The predicted molar refractivity (Wildman–Crippen MR) is 127 cm³/mol. The summed E-state index contributed by atoms with van der Waals surface area (Å²) in [6.45, 7) is 2.91. The molecule has 0 spiro atoms. The van der Waals surface area contributed by atoms with E-state index in [0.29, 0.717) is 12.3 Å². The number of nitrogens with one attached hydrogen (secondary N) is 2. The van der Waals surface area contributed by atoms with Crippen molar-refractivity contribution in [3.63, 3.8) is 0 Å². The van der Waals surface area contributed by atoms with Crippen LogP contribution >= 0.6 is 0 Å². The Morgan fingerprint density at radius 1 is 1.26 bits per heavy atom. The molecule has 9 nitrogen and oxygen atoms in total. The molecule has 0 radical (unpaired) electrons. The summed E-state index contributed by atoms with van der Waals surface area (Å²) >= 11 is 0. The van der Waals surface area contributed by atoms with E-state index in [1.807, 2.05) is 24.3 Å². The Bertz CT molecular complexity index is 1100. The van der Waals surface area contributed by atoms with Crippen molar-refractivity contribution in [3.05, 3.63) is 76.9 Å². The first-order valence-electron chi connectivity index (χ1n) is 10.9. The maximum absolute atomic E-state index is 13.9. The second kappa shape index (κ2) is 11.3. The van der Waals surface area contributed by atoms with Crippen molar-refractivity contribution < 1.29 is 18.7 Å². The molecule has 0 aliphatic carbocycles. The number of ether oxygens (including phenoxy) is 1. The molecule has 2 aromatic carbocycles. The van der Waals surface area contributed by atoms with Gasteiger partial charge in [-0.05, 0) is 35.7 Å². The summed E-state index contributed by atoms with van der Waals surface area (Å²) in [5.41, 5.74) is 8.69. The maximum Gasteiger partial charge on any atom is 0.269 e. The number of aliphatic imine (C=N–C) groups is 1. The summed E-state index contributed by atoms with van der Waals surface area (Å²) in [5, 5.41) is 6.63. The van der Waals surface area contributed by atoms with E-state index >= 15 is 0 Å². The molecule has 180 valence electrons. The number of methoxy groups -OCH3 is 1. The van der Waals surface area contributed by atoms with Gasteiger partial charge >= 0.3 is 0 Å². The number of benzene rings is 2. The highest BCUT2D eigenvalue weighted by Gasteiger charge is 2.27. The minimum atomic E-state index is -0.664. The first-order valence-corrected chi connectivity index (χ1v) is 10.9. The van der Waals surface area contributed by atoms with Crippen molar-refractivity contribution in [3.8, 4) is 5.75 Å². The number of nitrogens with two attached hydrogens (primary N) is 2. The van der Waals surface area contributed by atoms with Crippen molar-refractivity contribution in [1.29, 1.82) is 0 Å². The van der Waals surface area contributed by atoms with E-state index in [0.717, 1.165) is 23.8 Å². The van der Waals surface area contributed by atoms with Crippen LogP contribution in [0.15, 0.2) is 59.4 Å². The summed E-state index contributed by atoms with van der Waals surface area (Å²) in [7, 11) is 1.43. The van der Waals surface area contributed by atoms with Crippen LogP contribution in [0, 0.1) is 5.82 Å². The molecule has 1 atom stereocenters. The smallest absolute Gasteiger partial charge is 0.269 e. The first kappa shape index (κ1) is 24.7. The summed E-state index contributed by atoms with van der Waals surface area (Å²) in [5.74, 6) is 4.49. The Morgan fingerprint density at radius 2 is 1.97 bits per heavy atom. The SMILES string of the molecule is CCc1ccc(C(NC(=O)/C(N)=C/N(N)CCNC(=O)c2cc(OC)ccc2F)C2=NC2)cc1. The zero-order valence-electron chi connectivity index (χ0n) is 19.2. The number of aryl methyl sites for hydroxylation is 1. The molecule has 2 amide bonds. The zero-order chi connectivity index (χ0) is 24.7. The van der Waals surface area contributed by atoms with Gasteiger partial charge in [0.2, 0.25) is 0 Å². The topological polar surface area (TPSA) is 135 Å². The van der Waals surface area contributed by atoms with Gasteiger partial charge in [0.1, 0.15) is 17.3 Å². The van der Waals surface area contributed by atoms with Crippen molar-refractivity contribution >= 4 is 17.5 Å². The fourth-order valence-electron chi connectivity index (χ4n) is 3.25. The highest BCUT2D eigenvalue weighted by molar-refractivity contribution is 6.05. The molecule has 2 aromatic rings. The van der Waals surface area contributed by atoms with Crippen LogP contribution < -0.4 is 26.9 Å². The number of nitrogens with zero attached hydrogens (tertiary/aromatic N) is 2. The van der Waals surface area contributed by atoms with Gasteiger partial charge in [-0.3, -0.25) is 14.6 Å². The Morgan fingerprint density at radius 3 is 2.59 bits per heavy atom. The van der Waals surface area contributed by atoms with Crippen molar-refractivity contribution in [1.82, 2.24) is 15.6 Å². The van der Waals surface area contributed by atoms with E-state index in [1.165, 1.54) is 36.0 Å². The van der Waals surface area contributed by atoms with E-state index in [-0.39, 0.29) is 30.4 Å². The van der Waals surface area contributed by atoms with Gasteiger partial charge in [-0.25, -0.2) is 10.2 Å². The second-order valence-electron chi connectivity index (χ2n) is 7.73. The molecular formula is C24H29FN6O3. The standard InChI is InChI=1S/C24H29FN6O3/c1-3-15-4-6-16(7-5-15)22(21-13-29-21)30-24(33)20(26)14-31(27)11-10-28-23(32)18-12-17(34-2)8-9-19(18)25/h4-9,12,14,22H,3,10-11,13,26-27H2,1-2H3,(H,28,32)(H,30,33)/b20-14-. The number of hydrazine groups is 1. The Balaban J connectivity index is 1.53. The summed E-state index contributed by atoms with van der Waals surface area (Å²) in [4.78, 5) is 29.1. The fraction of sp³-hybridized carbons (Fsp3) is 0.292. The average Bonchev–Trinajstić information content (AvgIpc) is 3.68. The van der Waals surface area contributed by atoms with Gasteiger partial charge in [0.25, 0.3) is 11.8 Å². The van der Waals surface area contributed by atoms with Crippen LogP contribution in [0.4, 0.5) is 4.39 Å². The molecule has 3 rings (SSSR count). The van der Waals surface area contributed by atoms with Gasteiger partial charge in [-0.15, -0.1) is 0 Å². The second-order valence-corrected chi connectivity index (χ2v) is 7.73. The Kier molecular flexibility index (Phi) is 8.20. The van der Waals surface area contributed by atoms with Crippen LogP contribution in [-0.2, 0) is 11.2 Å². The van der Waals surface area contributed by atoms with Crippen LogP contribution in [0.5, 0.6) is 5.75 Å². The molecule has 34 heavy (non-hydrogen) atoms. The summed E-state index contributed by atoms with van der Waals surface area (Å²) in [6.07, 6.45) is 2.20. The molecule has 1 heterocycles. The lowest BCUT2D eigenvalue weighted by molar-refractivity contribution is -0.118. The van der Waals surface area contributed by atoms with Crippen LogP contribution in [-0.4, -0.2) is 49.3 Å². The van der Waals surface area contributed by atoms with Crippen molar-refractivity contribution in [2.75, 3.05) is 26.7 Å². The number of carbonyl (C=O) groups excluding carboxylic acids is 2. The number of rotatable bonds is 11. The molecule has 10 heteroatoms. The third-order valence-corrected chi connectivity index (χ3v) is 5.31. The normalized spacial score (nSPS) is 13.5. The van der Waals surface area contributed by atoms with Gasteiger partial charge in [0.05, 0.1) is 37.5 Å². The minimum Gasteiger partial charge on any atom is -0.497 e. The van der Waals surface area contributed by atoms with E-state index in [1.54, 1.807) is 0 Å². The van der Waals surface area contributed by atoms with Gasteiger partial charge < -0.3 is 26.1 Å². The lowest BCUT2D eigenvalue weighted by Gasteiger charge is -2.18. The molecular weight excluding hydrogens is 439 g/mol. The van der Waals surface area contributed by atoms with Crippen molar-refractivity contribution in [2.45, 2.75) is 19.4 Å². The molecule has 1 unspecified atom stereocenters. The van der Waals surface area contributed by atoms with Gasteiger partial charge in [-0.1, -0.05) is 31.2 Å². The molecule has 0 aromatic heterocycles. The monoisotopic (exact) mass is 468 g/mol. The quantitative estimate of drug-likeness (QED) is 0.224. The molecule has 1 aliphatic rings. The number of carbonyl (C=O) groups is 2. The molecule has 1 aliphatic heterocycles. The van der Waals surface area contributed by atoms with Crippen LogP contribution in [0.1, 0.15) is 34.5 Å². The Labute approximate surface area is 197 Å².